The van der Waals surface area contributed by atoms with Crippen molar-refractivity contribution < 1.29 is 14.3 Å². The SMILES string of the molecule is O=CCN(CC=O)CC1CO1. The first-order valence-electron chi connectivity index (χ1n) is 3.58. The highest BCUT2D eigenvalue weighted by atomic mass is 16.6. The molecule has 4 heteroatoms. The first kappa shape index (κ1) is 8.36. The molecule has 0 spiro atoms. The Morgan fingerprint density at radius 2 is 1.91 bits per heavy atom. The average Bonchev–Trinajstić information content (AvgIpc) is 2.73. The lowest BCUT2D eigenvalue weighted by Gasteiger charge is -2.13. The van der Waals surface area contributed by atoms with Crippen LogP contribution >= 0.6 is 0 Å². The number of hydrogen-bond donors (Lipinski definition) is 0. The first-order chi connectivity index (χ1) is 5.36. The summed E-state index contributed by atoms with van der Waals surface area (Å²) in [4.78, 5) is 21.9. The Morgan fingerprint density at radius 3 is 2.27 bits per heavy atom. The van der Waals surface area contributed by atoms with Crippen molar-refractivity contribution in [2.45, 2.75) is 6.10 Å². The fraction of sp³-hybridized carbons (Fsp3) is 0.714. The zero-order chi connectivity index (χ0) is 8.10. The van der Waals surface area contributed by atoms with Gasteiger partial charge in [0.05, 0.1) is 25.8 Å². The highest BCUT2D eigenvalue weighted by Crippen LogP contribution is 2.09. The van der Waals surface area contributed by atoms with E-state index in [0.717, 1.165) is 19.2 Å². The molecule has 1 unspecified atom stereocenters. The van der Waals surface area contributed by atoms with Crippen LogP contribution in [0.1, 0.15) is 0 Å². The maximum absolute atomic E-state index is 10.1. The van der Waals surface area contributed by atoms with Crippen LogP contribution in [0.5, 0.6) is 0 Å². The van der Waals surface area contributed by atoms with E-state index in [9.17, 15) is 9.59 Å². The van der Waals surface area contributed by atoms with Crippen LogP contribution in [0.4, 0.5) is 0 Å². The van der Waals surface area contributed by atoms with Gasteiger partial charge in [0.25, 0.3) is 0 Å². The highest BCUT2D eigenvalue weighted by Gasteiger charge is 2.24. The lowest BCUT2D eigenvalue weighted by Crippen LogP contribution is -2.31. The van der Waals surface area contributed by atoms with Crippen LogP contribution in [0, 0.1) is 0 Å². The average molecular weight is 157 g/mol. The van der Waals surface area contributed by atoms with Crippen molar-refractivity contribution in [3.05, 3.63) is 0 Å². The van der Waals surface area contributed by atoms with E-state index < -0.39 is 0 Å². The molecule has 0 radical (unpaired) electrons. The summed E-state index contributed by atoms with van der Waals surface area (Å²) in [6.07, 6.45) is 1.84. The van der Waals surface area contributed by atoms with E-state index in [4.69, 9.17) is 4.74 Å². The third-order valence-electron chi connectivity index (χ3n) is 1.53. The summed E-state index contributed by atoms with van der Waals surface area (Å²) in [6, 6.07) is 0. The minimum atomic E-state index is 0.245. The third kappa shape index (κ3) is 3.25. The Labute approximate surface area is 65.1 Å². The molecule has 4 nitrogen and oxygen atoms in total. The van der Waals surface area contributed by atoms with E-state index in [-0.39, 0.29) is 6.10 Å². The van der Waals surface area contributed by atoms with Gasteiger partial charge in [-0.25, -0.2) is 0 Å². The molecule has 0 bridgehead atoms. The molecular weight excluding hydrogens is 146 g/mol. The van der Waals surface area contributed by atoms with Crippen LogP contribution < -0.4 is 0 Å². The van der Waals surface area contributed by atoms with Gasteiger partial charge >= 0.3 is 0 Å². The molecule has 0 aromatic carbocycles. The molecule has 1 rings (SSSR count). The molecule has 1 fully saturated rings. The van der Waals surface area contributed by atoms with E-state index >= 15 is 0 Å². The standard InChI is InChI=1S/C7H11NO3/c9-3-1-8(2-4-10)5-7-6-11-7/h3-4,7H,1-2,5-6H2. The monoisotopic (exact) mass is 157 g/mol. The number of carbonyl (C=O) groups excluding carboxylic acids is 2. The molecule has 0 aromatic heterocycles. The largest absolute Gasteiger partial charge is 0.372 e. The van der Waals surface area contributed by atoms with Gasteiger partial charge in [0.2, 0.25) is 0 Å². The lowest BCUT2D eigenvalue weighted by atomic mass is 10.4. The zero-order valence-corrected chi connectivity index (χ0v) is 6.23. The number of rotatable bonds is 6. The van der Waals surface area contributed by atoms with Gasteiger partial charge in [-0.2, -0.15) is 0 Å². The van der Waals surface area contributed by atoms with Crippen molar-refractivity contribution >= 4 is 12.6 Å². The van der Waals surface area contributed by atoms with Crippen molar-refractivity contribution in [3.8, 4) is 0 Å². The molecule has 1 heterocycles. The summed E-state index contributed by atoms with van der Waals surface area (Å²) in [5, 5.41) is 0. The Hall–Kier alpha value is -0.740. The van der Waals surface area contributed by atoms with E-state index in [1.165, 1.54) is 0 Å². The van der Waals surface area contributed by atoms with Crippen LogP contribution in [-0.2, 0) is 14.3 Å². The van der Waals surface area contributed by atoms with Crippen molar-refractivity contribution in [1.29, 1.82) is 0 Å². The Kier molecular flexibility index (Phi) is 3.19. The Morgan fingerprint density at radius 1 is 1.36 bits per heavy atom. The molecule has 0 saturated carbocycles. The van der Waals surface area contributed by atoms with E-state index in [2.05, 4.69) is 0 Å². The quantitative estimate of drug-likeness (QED) is 0.370. The number of hydrogen-bond acceptors (Lipinski definition) is 4. The van der Waals surface area contributed by atoms with Crippen LogP contribution in [0.3, 0.4) is 0 Å². The summed E-state index contributed by atoms with van der Waals surface area (Å²) in [7, 11) is 0. The van der Waals surface area contributed by atoms with Crippen molar-refractivity contribution in [3.63, 3.8) is 0 Å². The summed E-state index contributed by atoms with van der Waals surface area (Å²) in [6.45, 7) is 2.09. The molecule has 0 amide bonds. The predicted octanol–water partition coefficient (Wildman–Crippen LogP) is -0.915. The molecule has 1 saturated heterocycles. The summed E-state index contributed by atoms with van der Waals surface area (Å²) in [5.41, 5.74) is 0. The third-order valence-corrected chi connectivity index (χ3v) is 1.53. The topological polar surface area (TPSA) is 49.9 Å². The molecule has 1 aliphatic heterocycles. The number of aldehydes is 2. The smallest absolute Gasteiger partial charge is 0.133 e. The van der Waals surface area contributed by atoms with Gasteiger partial charge in [0.15, 0.2) is 0 Å². The minimum Gasteiger partial charge on any atom is -0.372 e. The molecule has 0 N–H and O–H groups in total. The second-order valence-corrected chi connectivity index (χ2v) is 2.51. The molecule has 62 valence electrons. The second kappa shape index (κ2) is 4.20. The Balaban J connectivity index is 2.18. The Bertz CT molecular complexity index is 135. The molecule has 1 atom stereocenters. The molecular formula is C7H11NO3. The zero-order valence-electron chi connectivity index (χ0n) is 6.23. The van der Waals surface area contributed by atoms with Crippen LogP contribution in [0.25, 0.3) is 0 Å². The van der Waals surface area contributed by atoms with Gasteiger partial charge in [0.1, 0.15) is 12.6 Å². The first-order valence-corrected chi connectivity index (χ1v) is 3.58. The van der Waals surface area contributed by atoms with Crippen molar-refractivity contribution in [1.82, 2.24) is 4.90 Å². The maximum Gasteiger partial charge on any atom is 0.133 e. The predicted molar refractivity (Wildman–Crippen MR) is 38.3 cm³/mol. The van der Waals surface area contributed by atoms with Crippen molar-refractivity contribution in [2.75, 3.05) is 26.2 Å². The second-order valence-electron chi connectivity index (χ2n) is 2.51. The molecule has 0 aliphatic carbocycles. The molecule has 11 heavy (non-hydrogen) atoms. The van der Waals surface area contributed by atoms with Gasteiger partial charge in [0, 0.05) is 6.54 Å². The fourth-order valence-corrected chi connectivity index (χ4v) is 0.896. The van der Waals surface area contributed by atoms with Gasteiger partial charge in [-0.3, -0.25) is 4.90 Å². The summed E-state index contributed by atoms with van der Waals surface area (Å²) >= 11 is 0. The highest BCUT2D eigenvalue weighted by molar-refractivity contribution is 5.56. The summed E-state index contributed by atoms with van der Waals surface area (Å²) < 4.78 is 4.96. The van der Waals surface area contributed by atoms with Gasteiger partial charge in [-0.1, -0.05) is 0 Å². The fourth-order valence-electron chi connectivity index (χ4n) is 0.896. The number of nitrogens with zero attached hydrogens (tertiary/aromatic N) is 1. The molecule has 1 aliphatic rings. The van der Waals surface area contributed by atoms with Crippen molar-refractivity contribution in [2.24, 2.45) is 0 Å². The minimum absolute atomic E-state index is 0.245. The number of ether oxygens (including phenoxy) is 1. The van der Waals surface area contributed by atoms with Gasteiger partial charge < -0.3 is 14.3 Å². The number of epoxide rings is 1. The van der Waals surface area contributed by atoms with Crippen LogP contribution in [-0.4, -0.2) is 49.8 Å². The molecule has 0 aromatic rings. The summed E-state index contributed by atoms with van der Waals surface area (Å²) in [5.74, 6) is 0. The van der Waals surface area contributed by atoms with E-state index in [1.807, 2.05) is 0 Å². The van der Waals surface area contributed by atoms with Gasteiger partial charge in [-0.05, 0) is 0 Å². The number of carbonyl (C=O) groups is 2. The lowest BCUT2D eigenvalue weighted by molar-refractivity contribution is -0.111. The van der Waals surface area contributed by atoms with Gasteiger partial charge in [-0.15, -0.1) is 0 Å². The van der Waals surface area contributed by atoms with Crippen LogP contribution in [0.15, 0.2) is 0 Å². The van der Waals surface area contributed by atoms with Crippen LogP contribution in [0.2, 0.25) is 0 Å². The maximum atomic E-state index is 10.1. The normalized spacial score (nSPS) is 21.7. The van der Waals surface area contributed by atoms with E-state index in [1.54, 1.807) is 4.90 Å². The van der Waals surface area contributed by atoms with E-state index in [0.29, 0.717) is 19.6 Å².